The van der Waals surface area contributed by atoms with Gasteiger partial charge in [-0.2, -0.15) is 5.10 Å². The van der Waals surface area contributed by atoms with Gasteiger partial charge in [-0.25, -0.2) is 0 Å². The number of para-hydroxylation sites is 1. The Balaban J connectivity index is 2.66. The molecule has 1 atom stereocenters. The molecule has 0 spiro atoms. The van der Waals surface area contributed by atoms with E-state index in [2.05, 4.69) is 5.10 Å². The Labute approximate surface area is 81.9 Å². The molecule has 0 saturated heterocycles. The van der Waals surface area contributed by atoms with E-state index in [1.54, 1.807) is 4.68 Å². The second-order valence-corrected chi connectivity index (χ2v) is 3.28. The number of hydrogen-bond acceptors (Lipinski definition) is 3. The average Bonchev–Trinajstić information content (AvgIpc) is 2.56. The van der Waals surface area contributed by atoms with Crippen LogP contribution in [0, 0.1) is 0 Å². The minimum Gasteiger partial charge on any atom is -0.385 e. The number of aromatic nitrogens is 2. The first-order valence-electron chi connectivity index (χ1n) is 4.54. The normalized spacial score (nSPS) is 13.4. The first-order valence-corrected chi connectivity index (χ1v) is 4.54. The molecule has 0 radical (unpaired) electrons. The molecule has 0 aliphatic rings. The molecule has 74 valence electrons. The summed E-state index contributed by atoms with van der Waals surface area (Å²) in [5, 5.41) is 14.9. The summed E-state index contributed by atoms with van der Waals surface area (Å²) in [5.41, 5.74) is 7.07. The van der Waals surface area contributed by atoms with Crippen LogP contribution in [0.15, 0.2) is 24.3 Å². The lowest BCUT2D eigenvalue weighted by Gasteiger charge is -2.02. The molecule has 1 heterocycles. The van der Waals surface area contributed by atoms with Crippen molar-refractivity contribution in [3.63, 3.8) is 0 Å². The van der Waals surface area contributed by atoms with E-state index in [4.69, 9.17) is 5.73 Å². The molecule has 0 aliphatic heterocycles. The maximum absolute atomic E-state index is 9.64. The molecule has 0 fully saturated rings. The summed E-state index contributed by atoms with van der Waals surface area (Å²) in [6, 6.07) is 7.78. The van der Waals surface area contributed by atoms with Gasteiger partial charge in [0.25, 0.3) is 0 Å². The molecule has 1 unspecified atom stereocenters. The van der Waals surface area contributed by atoms with Gasteiger partial charge in [0.15, 0.2) is 0 Å². The van der Waals surface area contributed by atoms with Crippen molar-refractivity contribution < 1.29 is 5.11 Å². The van der Waals surface area contributed by atoms with Crippen LogP contribution in [0.5, 0.6) is 0 Å². The van der Waals surface area contributed by atoms with Crippen molar-refractivity contribution >= 4 is 10.9 Å². The molecular formula is C10H13N3O. The second-order valence-electron chi connectivity index (χ2n) is 3.28. The highest BCUT2D eigenvalue weighted by Crippen LogP contribution is 2.22. The molecule has 2 rings (SSSR count). The van der Waals surface area contributed by atoms with Gasteiger partial charge in [0.05, 0.1) is 5.52 Å². The van der Waals surface area contributed by atoms with E-state index in [0.717, 1.165) is 10.9 Å². The lowest BCUT2D eigenvalue weighted by molar-refractivity contribution is 0.182. The molecular weight excluding hydrogens is 178 g/mol. The fraction of sp³-hybridized carbons (Fsp3) is 0.300. The summed E-state index contributed by atoms with van der Waals surface area (Å²) < 4.78 is 1.75. The van der Waals surface area contributed by atoms with Crippen molar-refractivity contribution in [3.05, 3.63) is 30.0 Å². The van der Waals surface area contributed by atoms with E-state index in [0.29, 0.717) is 5.69 Å². The summed E-state index contributed by atoms with van der Waals surface area (Å²) in [6.45, 7) is 0.195. The standard InChI is InChI=1S/C10H13N3O/c1-13-8-5-3-2-4-7(8)10(12-13)9(14)6-11/h2-5,9,14H,6,11H2,1H3. The minimum atomic E-state index is -0.680. The number of nitrogens with zero attached hydrogens (tertiary/aromatic N) is 2. The Morgan fingerprint density at radius 3 is 2.93 bits per heavy atom. The lowest BCUT2D eigenvalue weighted by atomic mass is 10.1. The molecule has 0 bridgehead atoms. The van der Waals surface area contributed by atoms with Crippen LogP contribution in [-0.2, 0) is 7.05 Å². The Bertz CT molecular complexity index is 450. The third-order valence-electron chi connectivity index (χ3n) is 2.33. The van der Waals surface area contributed by atoms with Gasteiger partial charge in [-0.1, -0.05) is 18.2 Å². The first kappa shape index (κ1) is 9.18. The van der Waals surface area contributed by atoms with Crippen LogP contribution < -0.4 is 5.73 Å². The van der Waals surface area contributed by atoms with E-state index < -0.39 is 6.10 Å². The SMILES string of the molecule is Cn1nc(C(O)CN)c2ccccc21. The van der Waals surface area contributed by atoms with Crippen molar-refractivity contribution in [2.75, 3.05) is 6.54 Å². The van der Waals surface area contributed by atoms with Gasteiger partial charge in [0.2, 0.25) is 0 Å². The highest BCUT2D eigenvalue weighted by Gasteiger charge is 2.14. The Morgan fingerprint density at radius 2 is 2.21 bits per heavy atom. The van der Waals surface area contributed by atoms with Gasteiger partial charge in [0.1, 0.15) is 11.8 Å². The summed E-state index contributed by atoms with van der Waals surface area (Å²) in [7, 11) is 1.86. The van der Waals surface area contributed by atoms with Gasteiger partial charge in [-0.3, -0.25) is 4.68 Å². The zero-order chi connectivity index (χ0) is 10.1. The van der Waals surface area contributed by atoms with E-state index in [1.165, 1.54) is 0 Å². The van der Waals surface area contributed by atoms with Crippen LogP contribution in [0.3, 0.4) is 0 Å². The third-order valence-corrected chi connectivity index (χ3v) is 2.33. The van der Waals surface area contributed by atoms with E-state index in [1.807, 2.05) is 31.3 Å². The minimum absolute atomic E-state index is 0.195. The number of hydrogen-bond donors (Lipinski definition) is 2. The van der Waals surface area contributed by atoms with Gasteiger partial charge >= 0.3 is 0 Å². The van der Waals surface area contributed by atoms with Crippen LogP contribution in [-0.4, -0.2) is 21.4 Å². The van der Waals surface area contributed by atoms with Crippen molar-refractivity contribution in [3.8, 4) is 0 Å². The molecule has 0 aliphatic carbocycles. The largest absolute Gasteiger partial charge is 0.385 e. The highest BCUT2D eigenvalue weighted by molar-refractivity contribution is 5.82. The molecule has 2 aromatic rings. The maximum atomic E-state index is 9.64. The number of nitrogens with two attached hydrogens (primary N) is 1. The number of rotatable bonds is 2. The zero-order valence-corrected chi connectivity index (χ0v) is 8.01. The van der Waals surface area contributed by atoms with E-state index in [9.17, 15) is 5.11 Å². The summed E-state index contributed by atoms with van der Waals surface area (Å²) >= 11 is 0. The number of aliphatic hydroxyl groups is 1. The fourth-order valence-corrected chi connectivity index (χ4v) is 1.60. The van der Waals surface area contributed by atoms with Crippen molar-refractivity contribution in [1.29, 1.82) is 0 Å². The maximum Gasteiger partial charge on any atom is 0.111 e. The van der Waals surface area contributed by atoms with Gasteiger partial charge in [-0.15, -0.1) is 0 Å². The summed E-state index contributed by atoms with van der Waals surface area (Å²) in [5.74, 6) is 0. The van der Waals surface area contributed by atoms with Crippen molar-refractivity contribution in [2.45, 2.75) is 6.10 Å². The molecule has 3 N–H and O–H groups in total. The molecule has 1 aromatic carbocycles. The van der Waals surface area contributed by atoms with Crippen molar-refractivity contribution in [2.24, 2.45) is 12.8 Å². The number of aliphatic hydroxyl groups excluding tert-OH is 1. The summed E-state index contributed by atoms with van der Waals surface area (Å²) in [4.78, 5) is 0. The third kappa shape index (κ3) is 1.29. The van der Waals surface area contributed by atoms with Crippen LogP contribution >= 0.6 is 0 Å². The molecule has 0 saturated carbocycles. The highest BCUT2D eigenvalue weighted by atomic mass is 16.3. The second kappa shape index (κ2) is 3.40. The van der Waals surface area contributed by atoms with Gasteiger partial charge in [-0.05, 0) is 6.07 Å². The molecule has 4 nitrogen and oxygen atoms in total. The van der Waals surface area contributed by atoms with Gasteiger partial charge in [0, 0.05) is 19.0 Å². The Morgan fingerprint density at radius 1 is 1.50 bits per heavy atom. The van der Waals surface area contributed by atoms with E-state index >= 15 is 0 Å². The number of benzene rings is 1. The van der Waals surface area contributed by atoms with E-state index in [-0.39, 0.29) is 6.54 Å². The van der Waals surface area contributed by atoms with Crippen LogP contribution in [0.2, 0.25) is 0 Å². The lowest BCUT2D eigenvalue weighted by Crippen LogP contribution is -2.12. The summed E-state index contributed by atoms with van der Waals surface area (Å²) in [6.07, 6.45) is -0.680. The fourth-order valence-electron chi connectivity index (χ4n) is 1.60. The van der Waals surface area contributed by atoms with Crippen LogP contribution in [0.4, 0.5) is 0 Å². The molecule has 14 heavy (non-hydrogen) atoms. The Hall–Kier alpha value is -1.39. The predicted octanol–water partition coefficient (Wildman–Crippen LogP) is 0.565. The van der Waals surface area contributed by atoms with Crippen LogP contribution in [0.25, 0.3) is 10.9 Å². The van der Waals surface area contributed by atoms with Crippen LogP contribution in [0.1, 0.15) is 11.8 Å². The number of aryl methyl sites for hydroxylation is 1. The molecule has 4 heteroatoms. The smallest absolute Gasteiger partial charge is 0.111 e. The quantitative estimate of drug-likeness (QED) is 0.729. The zero-order valence-electron chi connectivity index (χ0n) is 8.01. The van der Waals surface area contributed by atoms with Crippen molar-refractivity contribution in [1.82, 2.24) is 9.78 Å². The molecule has 1 aromatic heterocycles. The molecule has 0 amide bonds. The van der Waals surface area contributed by atoms with Gasteiger partial charge < -0.3 is 10.8 Å². The predicted molar refractivity (Wildman–Crippen MR) is 54.7 cm³/mol. The number of fused-ring (bicyclic) bond motifs is 1. The topological polar surface area (TPSA) is 64.1 Å². The average molecular weight is 191 g/mol. The monoisotopic (exact) mass is 191 g/mol. The Kier molecular flexibility index (Phi) is 2.23. The first-order chi connectivity index (χ1) is 6.74.